The molecule has 0 aliphatic carbocycles. The lowest BCUT2D eigenvalue weighted by molar-refractivity contribution is -0.128. The third-order valence-corrected chi connectivity index (χ3v) is 5.19. The van der Waals surface area contributed by atoms with Crippen LogP contribution in [-0.2, 0) is 16.1 Å². The Balaban J connectivity index is 1.46. The summed E-state index contributed by atoms with van der Waals surface area (Å²) in [5.41, 5.74) is 6.64. The molecule has 27 heavy (non-hydrogen) atoms. The minimum atomic E-state index is -0.0177. The molecule has 1 aromatic rings. The highest BCUT2D eigenvalue weighted by Gasteiger charge is 2.32. The first-order chi connectivity index (χ1) is 13.2. The largest absolute Gasteiger partial charge is 0.494 e. The summed E-state index contributed by atoms with van der Waals surface area (Å²) in [6.45, 7) is 5.71. The summed E-state index contributed by atoms with van der Waals surface area (Å²) in [7, 11) is 0. The Labute approximate surface area is 160 Å². The van der Waals surface area contributed by atoms with Gasteiger partial charge in [0.25, 0.3) is 0 Å². The Kier molecular flexibility index (Phi) is 7.06. The zero-order valence-electron chi connectivity index (χ0n) is 16.0. The van der Waals surface area contributed by atoms with Crippen LogP contribution in [0.2, 0.25) is 0 Å². The SMILES string of the molecule is CCCOc1ccc(CNC(=O)C2CCCN(C3CNNC(=O)C3)C2)cc1. The van der Waals surface area contributed by atoms with E-state index in [1.165, 1.54) is 0 Å². The molecule has 0 aromatic heterocycles. The van der Waals surface area contributed by atoms with Gasteiger partial charge >= 0.3 is 0 Å². The van der Waals surface area contributed by atoms with Crippen LogP contribution in [0.3, 0.4) is 0 Å². The van der Waals surface area contributed by atoms with Crippen molar-refractivity contribution in [3.05, 3.63) is 29.8 Å². The van der Waals surface area contributed by atoms with Crippen molar-refractivity contribution in [1.82, 2.24) is 21.1 Å². The fourth-order valence-electron chi connectivity index (χ4n) is 3.67. The van der Waals surface area contributed by atoms with Crippen LogP contribution in [-0.4, -0.2) is 49.0 Å². The van der Waals surface area contributed by atoms with Crippen LogP contribution in [0.5, 0.6) is 5.75 Å². The average Bonchev–Trinajstić information content (AvgIpc) is 2.71. The molecule has 2 unspecified atom stereocenters. The zero-order chi connectivity index (χ0) is 19.1. The Morgan fingerprint density at radius 1 is 1.33 bits per heavy atom. The van der Waals surface area contributed by atoms with Gasteiger partial charge in [0, 0.05) is 32.1 Å². The van der Waals surface area contributed by atoms with Crippen LogP contribution in [0.1, 0.15) is 38.2 Å². The van der Waals surface area contributed by atoms with E-state index in [0.717, 1.165) is 50.2 Å². The first-order valence-corrected chi connectivity index (χ1v) is 9.91. The molecule has 3 N–H and O–H groups in total. The topological polar surface area (TPSA) is 82.7 Å². The summed E-state index contributed by atoms with van der Waals surface area (Å²) < 4.78 is 5.58. The zero-order valence-corrected chi connectivity index (χ0v) is 16.0. The van der Waals surface area contributed by atoms with E-state index in [-0.39, 0.29) is 23.8 Å². The van der Waals surface area contributed by atoms with Gasteiger partial charge in [-0.25, -0.2) is 5.43 Å². The highest BCUT2D eigenvalue weighted by molar-refractivity contribution is 5.79. The highest BCUT2D eigenvalue weighted by Crippen LogP contribution is 2.21. The van der Waals surface area contributed by atoms with E-state index in [1.54, 1.807) is 0 Å². The van der Waals surface area contributed by atoms with Crippen molar-refractivity contribution in [3.8, 4) is 5.75 Å². The molecule has 2 saturated heterocycles. The maximum absolute atomic E-state index is 12.6. The summed E-state index contributed by atoms with van der Waals surface area (Å²) in [6.07, 6.45) is 3.36. The second-order valence-corrected chi connectivity index (χ2v) is 7.33. The first-order valence-electron chi connectivity index (χ1n) is 9.91. The molecule has 2 aliphatic rings. The summed E-state index contributed by atoms with van der Waals surface area (Å²) in [5, 5.41) is 3.06. The highest BCUT2D eigenvalue weighted by atomic mass is 16.5. The van der Waals surface area contributed by atoms with Crippen molar-refractivity contribution >= 4 is 11.8 Å². The second-order valence-electron chi connectivity index (χ2n) is 7.33. The molecule has 148 valence electrons. The molecule has 0 bridgehead atoms. The number of carbonyl (C=O) groups is 2. The minimum Gasteiger partial charge on any atom is -0.494 e. The van der Waals surface area contributed by atoms with E-state index in [4.69, 9.17) is 4.74 Å². The predicted octanol–water partition coefficient (Wildman–Crippen LogP) is 1.20. The van der Waals surface area contributed by atoms with Crippen LogP contribution in [0.15, 0.2) is 24.3 Å². The van der Waals surface area contributed by atoms with Crippen molar-refractivity contribution in [2.75, 3.05) is 26.2 Å². The molecule has 2 atom stereocenters. The molecule has 7 heteroatoms. The summed E-state index contributed by atoms with van der Waals surface area (Å²) in [5.74, 6) is 0.958. The quantitative estimate of drug-likeness (QED) is 0.668. The minimum absolute atomic E-state index is 0.0177. The molecule has 0 spiro atoms. The number of hydrogen-bond donors (Lipinski definition) is 3. The lowest BCUT2D eigenvalue weighted by atomic mass is 9.94. The van der Waals surface area contributed by atoms with Crippen molar-refractivity contribution < 1.29 is 14.3 Å². The van der Waals surface area contributed by atoms with E-state index in [9.17, 15) is 9.59 Å². The van der Waals surface area contributed by atoms with Gasteiger partial charge in [-0.15, -0.1) is 0 Å². The standard InChI is InChI=1S/C20H30N4O3/c1-2-10-27-18-7-5-15(6-8-18)12-21-20(26)16-4-3-9-24(14-16)17-11-19(25)23-22-13-17/h5-8,16-17,22H,2-4,9-14H2,1H3,(H,21,26)(H,23,25). The smallest absolute Gasteiger partial charge is 0.235 e. The molecule has 7 nitrogen and oxygen atoms in total. The van der Waals surface area contributed by atoms with E-state index in [0.29, 0.717) is 19.6 Å². The summed E-state index contributed by atoms with van der Waals surface area (Å²) >= 11 is 0. The van der Waals surface area contributed by atoms with Gasteiger partial charge in [0.1, 0.15) is 5.75 Å². The number of nitrogens with zero attached hydrogens (tertiary/aromatic N) is 1. The predicted molar refractivity (Wildman–Crippen MR) is 103 cm³/mol. The number of ether oxygens (including phenoxy) is 1. The van der Waals surface area contributed by atoms with Crippen molar-refractivity contribution in [3.63, 3.8) is 0 Å². The summed E-state index contributed by atoms with van der Waals surface area (Å²) in [6, 6.07) is 8.04. The normalized spacial score (nSPS) is 23.5. The number of hydrogen-bond acceptors (Lipinski definition) is 5. The number of amides is 2. The number of rotatable bonds is 7. The molecule has 2 aliphatic heterocycles. The maximum Gasteiger partial charge on any atom is 0.235 e. The monoisotopic (exact) mass is 374 g/mol. The molecule has 0 radical (unpaired) electrons. The Morgan fingerprint density at radius 3 is 2.89 bits per heavy atom. The molecular formula is C20H30N4O3. The molecule has 3 rings (SSSR count). The maximum atomic E-state index is 12.6. The van der Waals surface area contributed by atoms with Gasteiger partial charge in [-0.2, -0.15) is 0 Å². The van der Waals surface area contributed by atoms with Crippen LogP contribution in [0, 0.1) is 5.92 Å². The van der Waals surface area contributed by atoms with Gasteiger partial charge in [0.2, 0.25) is 11.8 Å². The lowest BCUT2D eigenvalue weighted by Crippen LogP contribution is -2.57. The fraction of sp³-hybridized carbons (Fsp3) is 0.600. The van der Waals surface area contributed by atoms with Crippen molar-refractivity contribution in [2.45, 2.75) is 45.2 Å². The number of likely N-dealkylation sites (tertiary alicyclic amines) is 1. The van der Waals surface area contributed by atoms with Gasteiger partial charge in [-0.05, 0) is 43.5 Å². The number of piperidine rings is 1. The van der Waals surface area contributed by atoms with E-state index >= 15 is 0 Å². The van der Waals surface area contributed by atoms with Crippen LogP contribution in [0.4, 0.5) is 0 Å². The Morgan fingerprint density at radius 2 is 2.15 bits per heavy atom. The van der Waals surface area contributed by atoms with Crippen molar-refractivity contribution in [1.29, 1.82) is 0 Å². The Bertz CT molecular complexity index is 635. The number of benzene rings is 1. The molecule has 0 saturated carbocycles. The first kappa shape index (κ1) is 19.6. The van der Waals surface area contributed by atoms with Gasteiger partial charge in [0.15, 0.2) is 0 Å². The third kappa shape index (κ3) is 5.68. The molecule has 2 amide bonds. The molecular weight excluding hydrogens is 344 g/mol. The molecule has 2 heterocycles. The van der Waals surface area contributed by atoms with Gasteiger partial charge in [0.05, 0.1) is 12.5 Å². The fourth-order valence-corrected chi connectivity index (χ4v) is 3.67. The van der Waals surface area contributed by atoms with Gasteiger partial charge in [-0.1, -0.05) is 19.1 Å². The second kappa shape index (κ2) is 9.71. The Hall–Kier alpha value is -2.12. The van der Waals surface area contributed by atoms with E-state index in [2.05, 4.69) is 28.0 Å². The van der Waals surface area contributed by atoms with Crippen molar-refractivity contribution in [2.24, 2.45) is 5.92 Å². The van der Waals surface area contributed by atoms with E-state index < -0.39 is 0 Å². The average molecular weight is 374 g/mol. The van der Waals surface area contributed by atoms with Crippen LogP contribution >= 0.6 is 0 Å². The molecule has 1 aromatic carbocycles. The number of carbonyl (C=O) groups excluding carboxylic acids is 2. The van der Waals surface area contributed by atoms with Gasteiger partial charge in [-0.3, -0.25) is 19.9 Å². The third-order valence-electron chi connectivity index (χ3n) is 5.19. The van der Waals surface area contributed by atoms with Crippen LogP contribution in [0.25, 0.3) is 0 Å². The number of nitrogens with one attached hydrogen (secondary N) is 3. The number of hydrazine groups is 1. The van der Waals surface area contributed by atoms with Gasteiger partial charge < -0.3 is 10.1 Å². The van der Waals surface area contributed by atoms with E-state index in [1.807, 2.05) is 24.3 Å². The lowest BCUT2D eigenvalue weighted by Gasteiger charge is -2.39. The van der Waals surface area contributed by atoms with Crippen LogP contribution < -0.4 is 20.9 Å². The summed E-state index contributed by atoms with van der Waals surface area (Å²) in [4.78, 5) is 26.5. The molecule has 2 fully saturated rings.